The fraction of sp³-hybridized carbons (Fsp3) is 0.783. The van der Waals surface area contributed by atoms with Crippen LogP contribution in [-0.2, 0) is 14.3 Å². The van der Waals surface area contributed by atoms with E-state index in [0.29, 0.717) is 12.2 Å². The minimum Gasteiger partial charge on any atom is -0.346 e. The minimum absolute atomic E-state index is 0.00505. The molecule has 4 aliphatic rings. The summed E-state index contributed by atoms with van der Waals surface area (Å²) in [5.74, 6) is -1.08. The van der Waals surface area contributed by atoms with E-state index in [1.165, 1.54) is 5.57 Å². The van der Waals surface area contributed by atoms with E-state index in [-0.39, 0.29) is 29.1 Å². The molecule has 0 N–H and O–H groups in total. The molecule has 0 unspecified atom stereocenters. The summed E-state index contributed by atoms with van der Waals surface area (Å²) < 4.78 is 29.4. The highest BCUT2D eigenvalue weighted by atomic mass is 16.7. The molecule has 0 spiro atoms. The predicted octanol–water partition coefficient (Wildman–Crippen LogP) is 5.21. The Bertz CT molecular complexity index is 779. The van der Waals surface area contributed by atoms with Crippen LogP contribution in [0.15, 0.2) is 22.8 Å². The maximum Gasteiger partial charge on any atom is 0.163 e. The zero-order valence-electron chi connectivity index (χ0n) is 19.1. The van der Waals surface area contributed by atoms with Crippen molar-refractivity contribution < 1.29 is 17.0 Å². The van der Waals surface area contributed by atoms with Gasteiger partial charge >= 0.3 is 0 Å². The average molecular weight is 361 g/mol. The van der Waals surface area contributed by atoms with Gasteiger partial charge in [0.2, 0.25) is 0 Å². The van der Waals surface area contributed by atoms with Gasteiger partial charge in [0.1, 0.15) is 0 Å². The van der Waals surface area contributed by atoms with Crippen LogP contribution in [0.5, 0.6) is 0 Å². The Balaban J connectivity index is 1.88. The monoisotopic (exact) mass is 360 g/mol. The van der Waals surface area contributed by atoms with Gasteiger partial charge in [-0.15, -0.1) is 0 Å². The van der Waals surface area contributed by atoms with E-state index >= 15 is 0 Å². The Morgan fingerprint density at radius 1 is 1.19 bits per heavy atom. The number of hydrogen-bond donors (Lipinski definition) is 0. The van der Waals surface area contributed by atoms with Crippen molar-refractivity contribution in [1.82, 2.24) is 0 Å². The van der Waals surface area contributed by atoms with Crippen LogP contribution in [0.4, 0.5) is 0 Å². The van der Waals surface area contributed by atoms with E-state index in [0.717, 1.165) is 31.3 Å². The van der Waals surface area contributed by atoms with Crippen molar-refractivity contribution in [3.63, 3.8) is 0 Å². The molecule has 0 radical (unpaired) electrons. The molecule has 1 saturated carbocycles. The molecule has 0 aromatic carbocycles. The second-order valence-electron chi connectivity index (χ2n) is 10.0. The van der Waals surface area contributed by atoms with Crippen LogP contribution in [0.1, 0.15) is 76.3 Å². The van der Waals surface area contributed by atoms with Crippen molar-refractivity contribution in [1.29, 1.82) is 0 Å². The van der Waals surface area contributed by atoms with E-state index in [9.17, 15) is 4.79 Å². The molecule has 3 aliphatic carbocycles. The number of fused-ring (bicyclic) bond motifs is 3. The van der Waals surface area contributed by atoms with Gasteiger partial charge in [-0.05, 0) is 73.3 Å². The van der Waals surface area contributed by atoms with Crippen molar-refractivity contribution in [3.8, 4) is 0 Å². The Morgan fingerprint density at radius 3 is 2.62 bits per heavy atom. The number of Topliss-reactive ketones (excluding diaryl/α,β-unsaturated/α-hetero) is 1. The second kappa shape index (κ2) is 5.78. The minimum atomic E-state index is -1.80. The van der Waals surface area contributed by atoms with E-state index in [1.54, 1.807) is 0 Å². The Labute approximate surface area is 161 Å². The van der Waals surface area contributed by atoms with Crippen molar-refractivity contribution >= 4 is 5.78 Å². The van der Waals surface area contributed by atoms with Gasteiger partial charge in [0.05, 0.1) is 12.7 Å². The van der Waals surface area contributed by atoms with Gasteiger partial charge in [-0.2, -0.15) is 0 Å². The molecule has 1 aliphatic heterocycles. The standard InChI is InChI=1S/C23H34O3/c1-14(2)16-12-19(24)18-11-17-15-13-25-21(3,4)26-20(15)7-8-22(17,5)9-10-23(16,18)6/h11,14,16,20H,7-10,12-13H2,1-6H3/t16-,20-,22+,23-/m1/s1/i12D2. The number of ether oxygens (including phenoxy) is 2. The first kappa shape index (κ1) is 16.1. The van der Waals surface area contributed by atoms with E-state index in [4.69, 9.17) is 12.2 Å². The summed E-state index contributed by atoms with van der Waals surface area (Å²) in [5, 5.41) is 0. The molecule has 0 aromatic heterocycles. The third kappa shape index (κ3) is 2.65. The second-order valence-corrected chi connectivity index (χ2v) is 10.0. The van der Waals surface area contributed by atoms with Crippen LogP contribution in [0.25, 0.3) is 0 Å². The quantitative estimate of drug-likeness (QED) is 0.644. The van der Waals surface area contributed by atoms with Crippen molar-refractivity contribution in [3.05, 3.63) is 22.8 Å². The van der Waals surface area contributed by atoms with Crippen molar-refractivity contribution in [2.45, 2.75) is 85.5 Å². The van der Waals surface area contributed by atoms with Crippen LogP contribution in [0.3, 0.4) is 0 Å². The number of rotatable bonds is 1. The molecule has 1 saturated heterocycles. The zero-order valence-corrected chi connectivity index (χ0v) is 17.1. The first-order chi connectivity index (χ1) is 12.8. The molecule has 2 fully saturated rings. The highest BCUT2D eigenvalue weighted by Crippen LogP contribution is 2.59. The van der Waals surface area contributed by atoms with Crippen LogP contribution >= 0.6 is 0 Å². The lowest BCUT2D eigenvalue weighted by Crippen LogP contribution is -2.45. The van der Waals surface area contributed by atoms with E-state index in [2.05, 4.69) is 19.9 Å². The lowest BCUT2D eigenvalue weighted by molar-refractivity contribution is -0.255. The SMILES string of the molecule is [2H]C1([2H])C(=O)C2=CC3=C4COC(C)(C)O[C@@H]4CC[C@@]3(C)CC[C@]2(C)[C@H]1C(C)C. The molecule has 144 valence electrons. The van der Waals surface area contributed by atoms with Crippen molar-refractivity contribution in [2.24, 2.45) is 22.7 Å². The molecular formula is C23H34O3. The molecule has 0 aromatic rings. The Kier molecular flexibility index (Phi) is 3.57. The summed E-state index contributed by atoms with van der Waals surface area (Å²) in [6, 6.07) is 0. The fourth-order valence-corrected chi connectivity index (χ4v) is 5.68. The average Bonchev–Trinajstić information content (AvgIpc) is 2.65. The molecule has 3 heteroatoms. The largest absolute Gasteiger partial charge is 0.346 e. The molecule has 0 bridgehead atoms. The highest BCUT2D eigenvalue weighted by Gasteiger charge is 2.53. The molecule has 0 amide bonds. The summed E-state index contributed by atoms with van der Waals surface area (Å²) in [6.07, 6.45) is 4.10. The summed E-state index contributed by atoms with van der Waals surface area (Å²) in [4.78, 5) is 13.2. The van der Waals surface area contributed by atoms with Crippen LogP contribution in [0, 0.1) is 22.7 Å². The number of allylic oxidation sites excluding steroid dienone is 3. The molecule has 4 atom stereocenters. The molecular weight excluding hydrogens is 324 g/mol. The van der Waals surface area contributed by atoms with Crippen LogP contribution < -0.4 is 0 Å². The third-order valence-electron chi connectivity index (χ3n) is 7.33. The third-order valence-corrected chi connectivity index (χ3v) is 7.33. The highest BCUT2D eigenvalue weighted by molar-refractivity contribution is 6.00. The summed E-state index contributed by atoms with van der Waals surface area (Å²) in [6.45, 7) is 12.9. The van der Waals surface area contributed by atoms with Gasteiger partial charge in [0, 0.05) is 14.7 Å². The van der Waals surface area contributed by atoms with E-state index in [1.807, 2.05) is 27.7 Å². The number of ketones is 1. The normalized spacial score (nSPS) is 45.2. The summed E-state index contributed by atoms with van der Waals surface area (Å²) in [5.41, 5.74) is 2.59. The lowest BCUT2D eigenvalue weighted by atomic mass is 9.65. The van der Waals surface area contributed by atoms with Gasteiger partial charge in [-0.3, -0.25) is 4.79 Å². The number of carbonyl (C=O) groups is 1. The molecule has 1 heterocycles. The van der Waals surface area contributed by atoms with Crippen LogP contribution in [-0.4, -0.2) is 24.3 Å². The maximum atomic E-state index is 13.2. The van der Waals surface area contributed by atoms with Crippen LogP contribution in [0.2, 0.25) is 0 Å². The van der Waals surface area contributed by atoms with Gasteiger partial charge in [-0.25, -0.2) is 0 Å². The molecule has 3 nitrogen and oxygen atoms in total. The fourth-order valence-electron chi connectivity index (χ4n) is 5.68. The first-order valence-electron chi connectivity index (χ1n) is 11.1. The Hall–Kier alpha value is -0.930. The van der Waals surface area contributed by atoms with Gasteiger partial charge in [0.25, 0.3) is 0 Å². The topological polar surface area (TPSA) is 35.5 Å². The van der Waals surface area contributed by atoms with Gasteiger partial charge in [0.15, 0.2) is 11.6 Å². The lowest BCUT2D eigenvalue weighted by Gasteiger charge is -2.46. The predicted molar refractivity (Wildman–Crippen MR) is 103 cm³/mol. The van der Waals surface area contributed by atoms with Crippen molar-refractivity contribution in [2.75, 3.05) is 6.61 Å². The number of hydrogen-bond acceptors (Lipinski definition) is 3. The van der Waals surface area contributed by atoms with E-state index < -0.39 is 17.6 Å². The zero-order chi connectivity index (χ0) is 20.7. The maximum absolute atomic E-state index is 13.2. The van der Waals surface area contributed by atoms with Gasteiger partial charge < -0.3 is 9.47 Å². The smallest absolute Gasteiger partial charge is 0.163 e. The van der Waals surface area contributed by atoms with Gasteiger partial charge in [-0.1, -0.05) is 33.8 Å². The molecule has 26 heavy (non-hydrogen) atoms. The summed E-state index contributed by atoms with van der Waals surface area (Å²) in [7, 11) is 0. The number of carbonyl (C=O) groups excluding carboxylic acids is 1. The molecule has 4 rings (SSSR count). The Morgan fingerprint density at radius 2 is 1.92 bits per heavy atom. The summed E-state index contributed by atoms with van der Waals surface area (Å²) >= 11 is 0. The first-order valence-corrected chi connectivity index (χ1v) is 10.1.